The van der Waals surface area contributed by atoms with Gasteiger partial charge in [-0.15, -0.1) is 0 Å². The molecule has 1 unspecified atom stereocenters. The van der Waals surface area contributed by atoms with Gasteiger partial charge in [-0.1, -0.05) is 6.92 Å². The quantitative estimate of drug-likeness (QED) is 0.821. The van der Waals surface area contributed by atoms with Crippen LogP contribution in [0.15, 0.2) is 16.6 Å². The van der Waals surface area contributed by atoms with E-state index in [4.69, 9.17) is 5.73 Å². The fraction of sp³-hybridized carbons (Fsp3) is 0.500. The minimum Gasteiger partial charge on any atom is -0.328 e. The van der Waals surface area contributed by atoms with Crippen LogP contribution in [0.25, 0.3) is 0 Å². The first-order valence-corrected chi connectivity index (χ1v) is 6.23. The van der Waals surface area contributed by atoms with Gasteiger partial charge in [0, 0.05) is 11.6 Å². The highest BCUT2D eigenvalue weighted by Gasteiger charge is 2.12. The number of rotatable bonds is 5. The van der Waals surface area contributed by atoms with Crippen molar-refractivity contribution in [3.8, 4) is 0 Å². The van der Waals surface area contributed by atoms with Gasteiger partial charge in [-0.05, 0) is 53.7 Å². The first kappa shape index (κ1) is 13.6. The smallest absolute Gasteiger partial charge is 0.143 e. The molecule has 0 aliphatic rings. The van der Waals surface area contributed by atoms with Gasteiger partial charge in [0.05, 0.1) is 4.47 Å². The zero-order valence-corrected chi connectivity index (χ0v) is 10.9. The van der Waals surface area contributed by atoms with E-state index in [1.165, 1.54) is 12.1 Å². The van der Waals surface area contributed by atoms with Crippen LogP contribution in [0.4, 0.5) is 8.78 Å². The van der Waals surface area contributed by atoms with Crippen molar-refractivity contribution in [1.82, 2.24) is 0 Å². The first-order valence-electron chi connectivity index (χ1n) is 5.44. The molecule has 0 fully saturated rings. The van der Waals surface area contributed by atoms with Crippen LogP contribution in [0.2, 0.25) is 0 Å². The molecule has 1 rings (SSSR count). The lowest BCUT2D eigenvalue weighted by atomic mass is 10.0. The van der Waals surface area contributed by atoms with E-state index in [0.717, 1.165) is 12.8 Å². The highest BCUT2D eigenvalue weighted by Crippen LogP contribution is 2.23. The minimum absolute atomic E-state index is 0.123. The fourth-order valence-electron chi connectivity index (χ4n) is 1.54. The van der Waals surface area contributed by atoms with Crippen molar-refractivity contribution >= 4 is 15.9 Å². The molecule has 0 aliphatic heterocycles. The van der Waals surface area contributed by atoms with Gasteiger partial charge in [0.25, 0.3) is 0 Å². The standard InChI is InChI=1S/C12H16BrF2N/c1-2-8(16)4-3-5-9-11(14)7-6-10(13)12(9)15/h6-8H,2-5,16H2,1H3. The van der Waals surface area contributed by atoms with Gasteiger partial charge in [-0.3, -0.25) is 0 Å². The summed E-state index contributed by atoms with van der Waals surface area (Å²) in [5.74, 6) is -0.976. The van der Waals surface area contributed by atoms with Crippen molar-refractivity contribution in [2.45, 2.75) is 38.6 Å². The SMILES string of the molecule is CCC(N)CCCc1c(F)ccc(Br)c1F. The largest absolute Gasteiger partial charge is 0.328 e. The molecule has 0 bridgehead atoms. The van der Waals surface area contributed by atoms with Crippen molar-refractivity contribution in [3.63, 3.8) is 0 Å². The molecule has 0 radical (unpaired) electrons. The summed E-state index contributed by atoms with van der Waals surface area (Å²) in [6.45, 7) is 2.00. The molecule has 1 atom stereocenters. The molecule has 1 nitrogen and oxygen atoms in total. The van der Waals surface area contributed by atoms with Gasteiger partial charge >= 0.3 is 0 Å². The Bertz CT molecular complexity index is 355. The summed E-state index contributed by atoms with van der Waals surface area (Å²) in [6.07, 6.45) is 2.79. The average molecular weight is 292 g/mol. The van der Waals surface area contributed by atoms with Crippen LogP contribution in [-0.2, 0) is 6.42 Å². The van der Waals surface area contributed by atoms with Crippen molar-refractivity contribution in [2.75, 3.05) is 0 Å². The molecular formula is C12H16BrF2N. The molecule has 0 saturated heterocycles. The monoisotopic (exact) mass is 291 g/mol. The maximum atomic E-state index is 13.6. The predicted octanol–water partition coefficient (Wildman–Crippen LogP) is 3.79. The van der Waals surface area contributed by atoms with Gasteiger partial charge in [0.1, 0.15) is 11.6 Å². The van der Waals surface area contributed by atoms with Crippen LogP contribution in [0.1, 0.15) is 31.7 Å². The van der Waals surface area contributed by atoms with E-state index < -0.39 is 11.6 Å². The maximum Gasteiger partial charge on any atom is 0.143 e. The van der Waals surface area contributed by atoms with Crippen LogP contribution in [0.5, 0.6) is 0 Å². The molecule has 0 heterocycles. The van der Waals surface area contributed by atoms with Crippen molar-refractivity contribution in [3.05, 3.63) is 33.8 Å². The number of hydrogen-bond acceptors (Lipinski definition) is 1. The number of hydrogen-bond donors (Lipinski definition) is 1. The molecule has 1 aromatic rings. The summed E-state index contributed by atoms with van der Waals surface area (Å²) in [5, 5.41) is 0. The molecule has 0 aliphatic carbocycles. The van der Waals surface area contributed by atoms with E-state index >= 15 is 0 Å². The maximum absolute atomic E-state index is 13.6. The van der Waals surface area contributed by atoms with Gasteiger partial charge in [-0.25, -0.2) is 8.78 Å². The fourth-order valence-corrected chi connectivity index (χ4v) is 1.91. The van der Waals surface area contributed by atoms with Crippen molar-refractivity contribution in [1.29, 1.82) is 0 Å². The van der Waals surface area contributed by atoms with Crippen LogP contribution < -0.4 is 5.73 Å². The third-order valence-corrected chi connectivity index (χ3v) is 3.28. The highest BCUT2D eigenvalue weighted by atomic mass is 79.9. The zero-order chi connectivity index (χ0) is 12.1. The minimum atomic E-state index is -0.495. The summed E-state index contributed by atoms with van der Waals surface area (Å²) in [5.41, 5.74) is 5.90. The Balaban J connectivity index is 2.63. The molecular weight excluding hydrogens is 276 g/mol. The molecule has 90 valence electrons. The molecule has 16 heavy (non-hydrogen) atoms. The zero-order valence-electron chi connectivity index (χ0n) is 9.27. The number of benzene rings is 1. The lowest BCUT2D eigenvalue weighted by Crippen LogP contribution is -2.18. The van der Waals surface area contributed by atoms with E-state index in [0.29, 0.717) is 17.3 Å². The summed E-state index contributed by atoms with van der Waals surface area (Å²) in [7, 11) is 0. The third-order valence-electron chi connectivity index (χ3n) is 2.66. The molecule has 2 N–H and O–H groups in total. The van der Waals surface area contributed by atoms with Crippen molar-refractivity contribution < 1.29 is 8.78 Å². The lowest BCUT2D eigenvalue weighted by Gasteiger charge is -2.09. The van der Waals surface area contributed by atoms with Crippen LogP contribution in [0.3, 0.4) is 0 Å². The second kappa shape index (κ2) is 6.30. The Morgan fingerprint density at radius 3 is 2.69 bits per heavy atom. The van der Waals surface area contributed by atoms with E-state index in [2.05, 4.69) is 15.9 Å². The Morgan fingerprint density at radius 2 is 2.06 bits per heavy atom. The van der Waals surface area contributed by atoms with Crippen molar-refractivity contribution in [2.24, 2.45) is 5.73 Å². The average Bonchev–Trinajstić information content (AvgIpc) is 2.28. The molecule has 0 spiro atoms. The van der Waals surface area contributed by atoms with E-state index in [-0.39, 0.29) is 11.6 Å². The molecule has 0 aromatic heterocycles. The normalized spacial score (nSPS) is 12.8. The first-order chi connectivity index (χ1) is 7.56. The lowest BCUT2D eigenvalue weighted by molar-refractivity contribution is 0.523. The summed E-state index contributed by atoms with van der Waals surface area (Å²) < 4.78 is 27.2. The second-order valence-electron chi connectivity index (χ2n) is 3.88. The number of halogens is 3. The highest BCUT2D eigenvalue weighted by molar-refractivity contribution is 9.10. The van der Waals surface area contributed by atoms with E-state index in [9.17, 15) is 8.78 Å². The Morgan fingerprint density at radius 1 is 1.38 bits per heavy atom. The molecule has 0 amide bonds. The molecule has 0 saturated carbocycles. The Labute approximate surface area is 103 Å². The van der Waals surface area contributed by atoms with Gasteiger partial charge in [0.15, 0.2) is 0 Å². The summed E-state index contributed by atoms with van der Waals surface area (Å²) in [6, 6.07) is 2.78. The van der Waals surface area contributed by atoms with Gasteiger partial charge in [0.2, 0.25) is 0 Å². The predicted molar refractivity (Wildman–Crippen MR) is 65.3 cm³/mol. The third kappa shape index (κ3) is 3.52. The van der Waals surface area contributed by atoms with Gasteiger partial charge in [-0.2, -0.15) is 0 Å². The van der Waals surface area contributed by atoms with Gasteiger partial charge < -0.3 is 5.73 Å². The molecule has 1 aromatic carbocycles. The summed E-state index contributed by atoms with van der Waals surface area (Å²) in [4.78, 5) is 0. The number of nitrogens with two attached hydrogens (primary N) is 1. The Hall–Kier alpha value is -0.480. The topological polar surface area (TPSA) is 26.0 Å². The van der Waals surface area contributed by atoms with Crippen LogP contribution >= 0.6 is 15.9 Å². The Kier molecular flexibility index (Phi) is 5.35. The van der Waals surface area contributed by atoms with Crippen LogP contribution in [-0.4, -0.2) is 6.04 Å². The van der Waals surface area contributed by atoms with E-state index in [1.54, 1.807) is 0 Å². The molecule has 4 heteroatoms. The summed E-state index contributed by atoms with van der Waals surface area (Å²) >= 11 is 3.05. The van der Waals surface area contributed by atoms with E-state index in [1.807, 2.05) is 6.92 Å². The second-order valence-corrected chi connectivity index (χ2v) is 4.74. The van der Waals surface area contributed by atoms with Crippen LogP contribution in [0, 0.1) is 11.6 Å².